The first-order chi connectivity index (χ1) is 10.1. The minimum atomic E-state index is -0.161. The molecule has 6 heteroatoms. The fraction of sp³-hybridized carbons (Fsp3) is 0.333. The van der Waals surface area contributed by atoms with Crippen molar-refractivity contribution in [1.29, 1.82) is 0 Å². The summed E-state index contributed by atoms with van der Waals surface area (Å²) in [4.78, 5) is 13.0. The summed E-state index contributed by atoms with van der Waals surface area (Å²) in [6.07, 6.45) is 0. The maximum Gasteiger partial charge on any atom is 0.146 e. The van der Waals surface area contributed by atoms with E-state index in [1.54, 1.807) is 6.07 Å². The van der Waals surface area contributed by atoms with Gasteiger partial charge in [0.1, 0.15) is 22.1 Å². The second-order valence-electron chi connectivity index (χ2n) is 5.02. The number of halogens is 2. The van der Waals surface area contributed by atoms with Crippen LogP contribution in [0, 0.1) is 12.7 Å². The molecular formula is C15H16BrFN4. The second kappa shape index (κ2) is 5.97. The molecule has 0 amide bonds. The van der Waals surface area contributed by atoms with Crippen LogP contribution in [0.25, 0.3) is 0 Å². The lowest BCUT2D eigenvalue weighted by atomic mass is 10.2. The number of hydrogen-bond acceptors (Lipinski definition) is 4. The SMILES string of the molecule is Cc1nc(Br)cc(N2CCN(c3ccccc3F)CC2)n1. The van der Waals surface area contributed by atoms with E-state index in [1.165, 1.54) is 6.07 Å². The molecule has 0 N–H and O–H groups in total. The van der Waals surface area contributed by atoms with Gasteiger partial charge >= 0.3 is 0 Å². The van der Waals surface area contributed by atoms with Gasteiger partial charge in [0.15, 0.2) is 0 Å². The van der Waals surface area contributed by atoms with Crippen molar-refractivity contribution in [2.45, 2.75) is 6.92 Å². The highest BCUT2D eigenvalue weighted by molar-refractivity contribution is 9.10. The van der Waals surface area contributed by atoms with Gasteiger partial charge in [0, 0.05) is 32.2 Å². The van der Waals surface area contributed by atoms with E-state index in [4.69, 9.17) is 0 Å². The Hall–Kier alpha value is -1.69. The zero-order valence-corrected chi connectivity index (χ0v) is 13.3. The number of rotatable bonds is 2. The van der Waals surface area contributed by atoms with Crippen LogP contribution in [0.2, 0.25) is 0 Å². The number of nitrogens with zero attached hydrogens (tertiary/aromatic N) is 4. The van der Waals surface area contributed by atoms with Gasteiger partial charge in [0.25, 0.3) is 0 Å². The highest BCUT2D eigenvalue weighted by Crippen LogP contribution is 2.23. The summed E-state index contributed by atoms with van der Waals surface area (Å²) in [5.74, 6) is 1.50. The Kier molecular flexibility index (Phi) is 4.05. The number of benzene rings is 1. The molecule has 2 aromatic rings. The molecule has 4 nitrogen and oxygen atoms in total. The molecule has 110 valence electrons. The predicted octanol–water partition coefficient (Wildman–Crippen LogP) is 3.01. The molecule has 1 aliphatic heterocycles. The van der Waals surface area contributed by atoms with Crippen LogP contribution in [0.1, 0.15) is 5.82 Å². The van der Waals surface area contributed by atoms with Crippen molar-refractivity contribution in [3.05, 3.63) is 46.6 Å². The fourth-order valence-corrected chi connectivity index (χ4v) is 3.02. The third kappa shape index (κ3) is 3.15. The van der Waals surface area contributed by atoms with Crippen molar-refractivity contribution >= 4 is 27.4 Å². The van der Waals surface area contributed by atoms with Crippen molar-refractivity contribution in [3.8, 4) is 0 Å². The van der Waals surface area contributed by atoms with Gasteiger partial charge in [-0.2, -0.15) is 0 Å². The summed E-state index contributed by atoms with van der Waals surface area (Å²) in [7, 11) is 0. The smallest absolute Gasteiger partial charge is 0.146 e. The summed E-state index contributed by atoms with van der Waals surface area (Å²) >= 11 is 3.40. The Bertz CT molecular complexity index is 621. The largest absolute Gasteiger partial charge is 0.366 e. The molecule has 0 aliphatic carbocycles. The first-order valence-electron chi connectivity index (χ1n) is 6.89. The van der Waals surface area contributed by atoms with Crippen LogP contribution in [0.3, 0.4) is 0 Å². The monoisotopic (exact) mass is 350 g/mol. The highest BCUT2D eigenvalue weighted by Gasteiger charge is 2.20. The molecule has 0 saturated carbocycles. The Balaban J connectivity index is 1.72. The number of piperazine rings is 1. The average molecular weight is 351 g/mol. The molecule has 0 radical (unpaired) electrons. The van der Waals surface area contributed by atoms with Crippen LogP contribution >= 0.6 is 15.9 Å². The van der Waals surface area contributed by atoms with Crippen LogP contribution < -0.4 is 9.80 Å². The number of aryl methyl sites for hydroxylation is 1. The van der Waals surface area contributed by atoms with Gasteiger partial charge in [-0.15, -0.1) is 0 Å². The maximum atomic E-state index is 13.8. The van der Waals surface area contributed by atoms with E-state index in [-0.39, 0.29) is 5.82 Å². The van der Waals surface area contributed by atoms with Crippen molar-refractivity contribution in [1.82, 2.24) is 9.97 Å². The zero-order chi connectivity index (χ0) is 14.8. The molecule has 1 saturated heterocycles. The van der Waals surface area contributed by atoms with Crippen molar-refractivity contribution in [2.75, 3.05) is 36.0 Å². The van der Waals surface area contributed by atoms with E-state index in [0.717, 1.165) is 42.4 Å². The number of para-hydroxylation sites is 1. The van der Waals surface area contributed by atoms with Crippen LogP contribution in [0.5, 0.6) is 0 Å². The fourth-order valence-electron chi connectivity index (χ4n) is 2.56. The molecule has 21 heavy (non-hydrogen) atoms. The van der Waals surface area contributed by atoms with Gasteiger partial charge in [-0.25, -0.2) is 14.4 Å². The van der Waals surface area contributed by atoms with Crippen LogP contribution in [-0.4, -0.2) is 36.1 Å². The zero-order valence-electron chi connectivity index (χ0n) is 11.8. The van der Waals surface area contributed by atoms with Gasteiger partial charge in [-0.1, -0.05) is 12.1 Å². The third-order valence-corrected chi connectivity index (χ3v) is 4.00. The molecule has 0 atom stereocenters. The topological polar surface area (TPSA) is 32.3 Å². The lowest BCUT2D eigenvalue weighted by Crippen LogP contribution is -2.47. The van der Waals surface area contributed by atoms with E-state index in [9.17, 15) is 4.39 Å². The molecule has 1 fully saturated rings. The summed E-state index contributed by atoms with van der Waals surface area (Å²) in [5, 5.41) is 0. The molecule has 1 aliphatic rings. The molecule has 1 aromatic carbocycles. The highest BCUT2D eigenvalue weighted by atomic mass is 79.9. The second-order valence-corrected chi connectivity index (χ2v) is 5.83. The van der Waals surface area contributed by atoms with Crippen molar-refractivity contribution in [3.63, 3.8) is 0 Å². The molecule has 0 bridgehead atoms. The quantitative estimate of drug-likeness (QED) is 0.779. The van der Waals surface area contributed by atoms with Gasteiger partial charge in [-0.05, 0) is 35.0 Å². The van der Waals surface area contributed by atoms with Crippen LogP contribution in [-0.2, 0) is 0 Å². The molecule has 1 aromatic heterocycles. The van der Waals surface area contributed by atoms with Crippen LogP contribution in [0.4, 0.5) is 15.9 Å². The van der Waals surface area contributed by atoms with Gasteiger partial charge in [0.2, 0.25) is 0 Å². The lowest BCUT2D eigenvalue weighted by molar-refractivity contribution is 0.595. The third-order valence-electron chi connectivity index (χ3n) is 3.59. The van der Waals surface area contributed by atoms with E-state index < -0.39 is 0 Å². The average Bonchev–Trinajstić information content (AvgIpc) is 2.47. The number of hydrogen-bond donors (Lipinski definition) is 0. The Morgan fingerprint density at radius 2 is 1.71 bits per heavy atom. The lowest BCUT2D eigenvalue weighted by Gasteiger charge is -2.36. The molecular weight excluding hydrogens is 335 g/mol. The standard InChI is InChI=1S/C15H16BrFN4/c1-11-18-14(16)10-15(19-11)21-8-6-20(7-9-21)13-5-3-2-4-12(13)17/h2-5,10H,6-9H2,1H3. The van der Waals surface area contributed by atoms with Crippen molar-refractivity contribution < 1.29 is 4.39 Å². The Labute approximate surface area is 131 Å². The minimum absolute atomic E-state index is 0.161. The maximum absolute atomic E-state index is 13.8. The van der Waals surface area contributed by atoms with E-state index >= 15 is 0 Å². The normalized spacial score (nSPS) is 15.4. The van der Waals surface area contributed by atoms with Gasteiger partial charge < -0.3 is 9.80 Å². The van der Waals surface area contributed by atoms with Gasteiger partial charge in [0.05, 0.1) is 5.69 Å². The summed E-state index contributed by atoms with van der Waals surface area (Å²) in [5.41, 5.74) is 0.678. The number of aromatic nitrogens is 2. The van der Waals surface area contributed by atoms with Gasteiger partial charge in [-0.3, -0.25) is 0 Å². The minimum Gasteiger partial charge on any atom is -0.366 e. The predicted molar refractivity (Wildman–Crippen MR) is 85.3 cm³/mol. The van der Waals surface area contributed by atoms with E-state index in [2.05, 4.69) is 35.7 Å². The molecule has 0 unspecified atom stereocenters. The number of anilines is 2. The molecule has 0 spiro atoms. The first kappa shape index (κ1) is 14.3. The van der Waals surface area contributed by atoms with E-state index in [0.29, 0.717) is 5.69 Å². The summed E-state index contributed by atoms with van der Waals surface area (Å²) in [6, 6.07) is 8.85. The first-order valence-corrected chi connectivity index (χ1v) is 7.68. The Morgan fingerprint density at radius 1 is 1.05 bits per heavy atom. The summed E-state index contributed by atoms with van der Waals surface area (Å²) < 4.78 is 14.6. The molecule has 2 heterocycles. The van der Waals surface area contributed by atoms with Crippen molar-refractivity contribution in [2.24, 2.45) is 0 Å². The summed E-state index contributed by atoms with van der Waals surface area (Å²) in [6.45, 7) is 5.07. The van der Waals surface area contributed by atoms with E-state index in [1.807, 2.05) is 25.1 Å². The Morgan fingerprint density at radius 3 is 2.38 bits per heavy atom. The van der Waals surface area contributed by atoms with Crippen LogP contribution in [0.15, 0.2) is 34.9 Å². The molecule has 3 rings (SSSR count).